The number of rotatable bonds is 7. The highest BCUT2D eigenvalue weighted by atomic mass is 32.2. The third kappa shape index (κ3) is 5.39. The Balaban J connectivity index is 1.47. The van der Waals surface area contributed by atoms with Crippen LogP contribution in [0.3, 0.4) is 0 Å². The average Bonchev–Trinajstić information content (AvgIpc) is 3.16. The number of amides is 1. The van der Waals surface area contributed by atoms with Crippen LogP contribution in [-0.2, 0) is 4.79 Å². The molecule has 1 amide bonds. The lowest BCUT2D eigenvalue weighted by molar-refractivity contribution is -0.384. The number of non-ortho nitro benzene ring substituents is 1. The highest BCUT2D eigenvalue weighted by molar-refractivity contribution is 8.01. The van der Waals surface area contributed by atoms with E-state index < -0.39 is 4.92 Å². The van der Waals surface area contributed by atoms with Crippen molar-refractivity contribution in [2.45, 2.75) is 4.34 Å². The summed E-state index contributed by atoms with van der Waals surface area (Å²) in [6, 6.07) is 11.4. The maximum Gasteiger partial charge on any atom is 0.269 e. The van der Waals surface area contributed by atoms with Crippen molar-refractivity contribution in [1.82, 2.24) is 20.6 Å². The molecule has 0 saturated carbocycles. The number of hydrazone groups is 1. The fourth-order valence-electron chi connectivity index (χ4n) is 1.88. The number of nitro benzene ring substituents is 1. The number of nitrogens with one attached hydrogen (secondary N) is 1. The molecule has 0 aliphatic rings. The van der Waals surface area contributed by atoms with Gasteiger partial charge in [-0.15, -0.1) is 10.2 Å². The van der Waals surface area contributed by atoms with Gasteiger partial charge in [0.1, 0.15) is 5.69 Å². The Hall–Kier alpha value is -3.18. The monoisotopic (exact) mass is 400 g/mol. The van der Waals surface area contributed by atoms with E-state index in [9.17, 15) is 14.9 Å². The van der Waals surface area contributed by atoms with Gasteiger partial charge in [0, 0.05) is 18.3 Å². The summed E-state index contributed by atoms with van der Waals surface area (Å²) < 4.78 is 0.658. The molecule has 0 aliphatic carbocycles. The lowest BCUT2D eigenvalue weighted by Gasteiger charge is -1.97. The van der Waals surface area contributed by atoms with Crippen molar-refractivity contribution in [3.8, 4) is 10.7 Å². The van der Waals surface area contributed by atoms with Crippen LogP contribution in [0.25, 0.3) is 10.7 Å². The molecule has 11 heteroatoms. The molecule has 0 radical (unpaired) electrons. The second kappa shape index (κ2) is 8.96. The summed E-state index contributed by atoms with van der Waals surface area (Å²) >= 11 is 2.61. The summed E-state index contributed by atoms with van der Waals surface area (Å²) in [7, 11) is 0. The smallest absolute Gasteiger partial charge is 0.269 e. The van der Waals surface area contributed by atoms with Gasteiger partial charge in [-0.1, -0.05) is 29.2 Å². The van der Waals surface area contributed by atoms with E-state index in [-0.39, 0.29) is 17.3 Å². The molecule has 0 saturated heterocycles. The van der Waals surface area contributed by atoms with Gasteiger partial charge in [0.25, 0.3) is 11.6 Å². The minimum atomic E-state index is -0.480. The Morgan fingerprint density at radius 2 is 2.07 bits per heavy atom. The Kier molecular flexibility index (Phi) is 6.18. The lowest BCUT2D eigenvalue weighted by atomic mass is 10.2. The summed E-state index contributed by atoms with van der Waals surface area (Å²) in [5.41, 5.74) is 3.76. The van der Waals surface area contributed by atoms with Crippen molar-refractivity contribution in [2.24, 2.45) is 5.10 Å². The van der Waals surface area contributed by atoms with E-state index in [0.717, 1.165) is 5.69 Å². The second-order valence-electron chi connectivity index (χ2n) is 5.02. The number of benzene rings is 1. The first-order valence-corrected chi connectivity index (χ1v) is 9.36. The molecule has 0 unspecified atom stereocenters. The van der Waals surface area contributed by atoms with Gasteiger partial charge in [-0.25, -0.2) is 5.43 Å². The number of carbonyl (C=O) groups excluding carboxylic acids is 1. The van der Waals surface area contributed by atoms with Crippen LogP contribution in [0.2, 0.25) is 0 Å². The van der Waals surface area contributed by atoms with Crippen LogP contribution < -0.4 is 5.43 Å². The van der Waals surface area contributed by atoms with Crippen molar-refractivity contribution in [1.29, 1.82) is 0 Å². The largest absolute Gasteiger partial charge is 0.272 e. The summed E-state index contributed by atoms with van der Waals surface area (Å²) in [6.45, 7) is 0. The van der Waals surface area contributed by atoms with Gasteiger partial charge in [-0.05, 0) is 29.8 Å². The molecule has 1 N–H and O–H groups in total. The molecule has 0 bridgehead atoms. The summed E-state index contributed by atoms with van der Waals surface area (Å²) in [6.07, 6.45) is 3.09. The molecular weight excluding hydrogens is 388 g/mol. The van der Waals surface area contributed by atoms with Crippen LogP contribution in [0.1, 0.15) is 5.56 Å². The number of thioether (sulfide) groups is 1. The molecule has 0 aliphatic heterocycles. The zero-order valence-electron chi connectivity index (χ0n) is 13.7. The Labute approximate surface area is 161 Å². The van der Waals surface area contributed by atoms with E-state index in [4.69, 9.17) is 0 Å². The topological polar surface area (TPSA) is 123 Å². The molecule has 2 heterocycles. The fraction of sp³-hybridized carbons (Fsp3) is 0.0625. The first-order chi connectivity index (χ1) is 13.1. The van der Waals surface area contributed by atoms with Crippen LogP contribution in [0, 0.1) is 10.1 Å². The predicted octanol–water partition coefficient (Wildman–Crippen LogP) is 2.75. The van der Waals surface area contributed by atoms with E-state index in [1.165, 1.54) is 41.4 Å². The van der Waals surface area contributed by atoms with E-state index in [1.54, 1.807) is 18.3 Å². The standard InChI is InChI=1S/C16H12N6O3S2/c23-14(19-18-9-11-4-6-12(7-5-11)22(24)25)10-26-16-21-20-15(27-16)13-3-1-2-8-17-13/h1-9H,10H2,(H,19,23)/b18-9+. The van der Waals surface area contributed by atoms with Crippen molar-refractivity contribution in [3.63, 3.8) is 0 Å². The molecule has 1 aromatic carbocycles. The van der Waals surface area contributed by atoms with Gasteiger partial charge >= 0.3 is 0 Å². The van der Waals surface area contributed by atoms with Gasteiger partial charge in [-0.2, -0.15) is 5.10 Å². The third-order valence-electron chi connectivity index (χ3n) is 3.12. The number of pyridine rings is 1. The minimum Gasteiger partial charge on any atom is -0.272 e. The molecular formula is C16H12N6O3S2. The molecule has 0 spiro atoms. The maximum atomic E-state index is 11.8. The van der Waals surface area contributed by atoms with Crippen molar-refractivity contribution < 1.29 is 9.72 Å². The van der Waals surface area contributed by atoms with E-state index >= 15 is 0 Å². The molecule has 27 heavy (non-hydrogen) atoms. The SMILES string of the molecule is O=C(CSc1nnc(-c2ccccn2)s1)N/N=C/c1ccc([N+](=O)[O-])cc1. The molecule has 136 valence electrons. The molecule has 3 rings (SSSR count). The van der Waals surface area contributed by atoms with Crippen LogP contribution in [-0.4, -0.2) is 38.0 Å². The quantitative estimate of drug-likeness (QED) is 0.280. The van der Waals surface area contributed by atoms with Gasteiger partial charge in [0.2, 0.25) is 0 Å². The molecule has 3 aromatic rings. The van der Waals surface area contributed by atoms with Crippen molar-refractivity contribution >= 4 is 40.9 Å². The van der Waals surface area contributed by atoms with E-state index in [1.807, 2.05) is 18.2 Å². The summed E-state index contributed by atoms with van der Waals surface area (Å²) in [5, 5.41) is 23.2. The van der Waals surface area contributed by atoms with E-state index in [2.05, 4.69) is 25.7 Å². The first-order valence-electron chi connectivity index (χ1n) is 7.56. The van der Waals surface area contributed by atoms with Crippen LogP contribution in [0.15, 0.2) is 58.1 Å². The molecule has 9 nitrogen and oxygen atoms in total. The number of hydrogen-bond acceptors (Lipinski definition) is 9. The molecule has 0 atom stereocenters. The van der Waals surface area contributed by atoms with Crippen molar-refractivity contribution in [3.05, 3.63) is 64.3 Å². The number of nitrogens with zero attached hydrogens (tertiary/aromatic N) is 5. The maximum absolute atomic E-state index is 11.8. The Morgan fingerprint density at radius 1 is 1.26 bits per heavy atom. The van der Waals surface area contributed by atoms with Gasteiger partial charge in [0.15, 0.2) is 9.35 Å². The van der Waals surface area contributed by atoms with Crippen LogP contribution in [0.5, 0.6) is 0 Å². The lowest BCUT2D eigenvalue weighted by Crippen LogP contribution is -2.19. The Morgan fingerprint density at radius 3 is 2.78 bits per heavy atom. The normalized spacial score (nSPS) is 10.8. The van der Waals surface area contributed by atoms with Crippen LogP contribution >= 0.6 is 23.1 Å². The number of nitro groups is 1. The minimum absolute atomic E-state index is 0.00489. The van der Waals surface area contributed by atoms with E-state index in [0.29, 0.717) is 14.9 Å². The van der Waals surface area contributed by atoms with Crippen LogP contribution in [0.4, 0.5) is 5.69 Å². The predicted molar refractivity (Wildman–Crippen MR) is 103 cm³/mol. The Bertz CT molecular complexity index is 960. The molecule has 2 aromatic heterocycles. The number of hydrogen-bond donors (Lipinski definition) is 1. The highest BCUT2D eigenvalue weighted by Crippen LogP contribution is 2.27. The summed E-state index contributed by atoms with van der Waals surface area (Å²) in [5.74, 6) is -0.165. The average molecular weight is 400 g/mol. The number of aromatic nitrogens is 3. The highest BCUT2D eigenvalue weighted by Gasteiger charge is 2.10. The summed E-state index contributed by atoms with van der Waals surface area (Å²) in [4.78, 5) is 26.1. The third-order valence-corrected chi connectivity index (χ3v) is 5.20. The van der Waals surface area contributed by atoms with Crippen molar-refractivity contribution in [2.75, 3.05) is 5.75 Å². The van der Waals surface area contributed by atoms with Gasteiger partial charge in [0.05, 0.1) is 16.9 Å². The zero-order valence-corrected chi connectivity index (χ0v) is 15.3. The molecule has 0 fully saturated rings. The zero-order chi connectivity index (χ0) is 19.1. The van der Waals surface area contributed by atoms with Gasteiger partial charge < -0.3 is 0 Å². The second-order valence-corrected chi connectivity index (χ2v) is 7.22. The number of carbonyl (C=O) groups is 1. The first kappa shape index (κ1) is 18.6. The van der Waals surface area contributed by atoms with Gasteiger partial charge in [-0.3, -0.25) is 19.9 Å². The fourth-order valence-corrected chi connectivity index (χ4v) is 3.50.